The van der Waals surface area contributed by atoms with Gasteiger partial charge < -0.3 is 32.1 Å². The molecule has 0 fully saturated rings. The Morgan fingerprint density at radius 3 is 1.67 bits per heavy atom. The quantitative estimate of drug-likeness (QED) is 0.246. The Balaban J connectivity index is 0.000000506. The monoisotopic (exact) mass is 561 g/mol. The minimum absolute atomic E-state index is 0. The van der Waals surface area contributed by atoms with Gasteiger partial charge in [0.2, 0.25) is 0 Å². The third kappa shape index (κ3) is 13.6. The second-order valence-electron chi connectivity index (χ2n) is 9.07. The molecule has 0 bridgehead atoms. The third-order valence-electron chi connectivity index (χ3n) is 5.46. The van der Waals surface area contributed by atoms with E-state index in [9.17, 15) is 5.11 Å². The lowest BCUT2D eigenvalue weighted by molar-refractivity contribution is 0.140. The van der Waals surface area contributed by atoms with Crippen molar-refractivity contribution in [3.8, 4) is 11.5 Å². The number of aliphatic hydroxyl groups is 1. The number of phenolic OH excluding ortho intramolecular Hbond substituents is 2. The summed E-state index contributed by atoms with van der Waals surface area (Å²) in [6.45, 7) is 8.02. The highest BCUT2D eigenvalue weighted by Gasteiger charge is 2.13. The normalized spacial score (nSPS) is 13.4. The largest absolute Gasteiger partial charge is 0.508 e. The highest BCUT2D eigenvalue weighted by atomic mass is 79.9. The Morgan fingerprint density at radius 1 is 0.750 bits per heavy atom. The van der Waals surface area contributed by atoms with Crippen LogP contribution in [0.3, 0.4) is 0 Å². The van der Waals surface area contributed by atoms with Crippen molar-refractivity contribution in [2.24, 2.45) is 11.5 Å². The van der Waals surface area contributed by atoms with Gasteiger partial charge in [-0.05, 0) is 94.1 Å². The zero-order valence-electron chi connectivity index (χ0n) is 22.1. The van der Waals surface area contributed by atoms with Gasteiger partial charge in [-0.3, -0.25) is 0 Å². The Morgan fingerprint density at radius 2 is 1.22 bits per heavy atom. The predicted molar refractivity (Wildman–Crippen MR) is 156 cm³/mol. The fourth-order valence-electron chi connectivity index (χ4n) is 3.31. The maximum Gasteiger partial charge on any atom is 0.115 e. The molecule has 0 radical (unpaired) electrons. The Hall–Kier alpha value is -2.42. The van der Waals surface area contributed by atoms with E-state index in [1.165, 1.54) is 11.1 Å². The lowest BCUT2D eigenvalue weighted by Crippen LogP contribution is -2.28. The highest BCUT2D eigenvalue weighted by molar-refractivity contribution is 8.93. The smallest absolute Gasteiger partial charge is 0.115 e. The van der Waals surface area contributed by atoms with Gasteiger partial charge in [-0.25, -0.2) is 0 Å². The van der Waals surface area contributed by atoms with Gasteiger partial charge in [-0.1, -0.05) is 48.5 Å². The number of likely N-dealkylation sites (N-methyl/N-ethyl adjacent to an activating group) is 1. The molecule has 0 aromatic heterocycles. The Bertz CT molecular complexity index is 964. The van der Waals surface area contributed by atoms with E-state index in [4.69, 9.17) is 21.7 Å². The van der Waals surface area contributed by atoms with E-state index < -0.39 is 6.10 Å². The zero-order chi connectivity index (χ0) is 26.4. The molecule has 0 amide bonds. The molecule has 0 aliphatic rings. The molecule has 8 N–H and O–H groups in total. The van der Waals surface area contributed by atoms with Crippen molar-refractivity contribution in [3.63, 3.8) is 0 Å². The number of benzene rings is 3. The molecule has 7 heteroatoms. The van der Waals surface area contributed by atoms with E-state index in [0.29, 0.717) is 5.75 Å². The molecule has 0 spiro atoms. The molecule has 3 rings (SSSR count). The number of aliphatic hydroxyl groups excluding tert-OH is 1. The Labute approximate surface area is 227 Å². The predicted octanol–water partition coefficient (Wildman–Crippen LogP) is 4.78. The number of hydrogen-bond acceptors (Lipinski definition) is 6. The second-order valence-corrected chi connectivity index (χ2v) is 9.07. The molecule has 0 saturated heterocycles. The maximum atomic E-state index is 9.74. The SMILES string of the molecule is Br.CC(N)Cc1ccc(O)cc1.CNC(C)C(O)c1ccc(O)cc1.Cc1ccccc1CC(C)N. The molecule has 6 nitrogen and oxygen atoms in total. The fourth-order valence-corrected chi connectivity index (χ4v) is 3.31. The summed E-state index contributed by atoms with van der Waals surface area (Å²) in [6, 6.07) is 22.5. The van der Waals surface area contributed by atoms with E-state index in [1.54, 1.807) is 43.4 Å². The number of phenols is 2. The van der Waals surface area contributed by atoms with Crippen LogP contribution in [-0.4, -0.2) is 40.5 Å². The average molecular weight is 563 g/mol. The summed E-state index contributed by atoms with van der Waals surface area (Å²) < 4.78 is 0. The number of rotatable bonds is 7. The van der Waals surface area contributed by atoms with Crippen molar-refractivity contribution < 1.29 is 15.3 Å². The van der Waals surface area contributed by atoms with E-state index in [0.717, 1.165) is 24.0 Å². The van der Waals surface area contributed by atoms with Gasteiger partial charge >= 0.3 is 0 Å². The number of nitrogens with two attached hydrogens (primary N) is 2. The van der Waals surface area contributed by atoms with Crippen molar-refractivity contribution in [1.29, 1.82) is 0 Å². The summed E-state index contributed by atoms with van der Waals surface area (Å²) in [5.41, 5.74) is 16.0. The molecule has 3 aromatic rings. The molecular formula is C29H44BrN3O3. The summed E-state index contributed by atoms with van der Waals surface area (Å²) in [5, 5.41) is 30.7. The van der Waals surface area contributed by atoms with Crippen LogP contribution in [0.2, 0.25) is 0 Å². The van der Waals surface area contributed by atoms with Crippen molar-refractivity contribution in [2.45, 2.75) is 64.8 Å². The van der Waals surface area contributed by atoms with Gasteiger partial charge in [-0.2, -0.15) is 0 Å². The summed E-state index contributed by atoms with van der Waals surface area (Å²) in [6.07, 6.45) is 1.30. The highest BCUT2D eigenvalue weighted by Crippen LogP contribution is 2.19. The number of aromatic hydroxyl groups is 2. The maximum absolute atomic E-state index is 9.74. The first-order valence-corrected chi connectivity index (χ1v) is 12.0. The summed E-state index contributed by atoms with van der Waals surface area (Å²) in [7, 11) is 1.80. The van der Waals surface area contributed by atoms with Crippen molar-refractivity contribution in [1.82, 2.24) is 5.32 Å². The zero-order valence-corrected chi connectivity index (χ0v) is 23.8. The van der Waals surface area contributed by atoms with Crippen molar-refractivity contribution in [2.75, 3.05) is 7.05 Å². The summed E-state index contributed by atoms with van der Waals surface area (Å²) >= 11 is 0. The van der Waals surface area contributed by atoms with E-state index in [-0.39, 0.29) is 40.9 Å². The van der Waals surface area contributed by atoms with Gasteiger partial charge in [0, 0.05) is 18.1 Å². The second kappa shape index (κ2) is 17.9. The standard InChI is InChI=1S/C10H15NO2.C10H15N.C9H13NO.BrH/c1-7(11-2)10(13)8-3-5-9(12)6-4-8;1-8-5-3-4-6-10(8)7-9(2)11;1-7(10)6-8-2-4-9(11)5-3-8;/h3-7,10-13H,1-2H3;3-6,9H,7,11H2,1-2H3;2-5,7,11H,6,10H2,1H3;1H. The van der Waals surface area contributed by atoms with E-state index in [1.807, 2.05) is 32.9 Å². The number of aryl methyl sites for hydroxylation is 1. The van der Waals surface area contributed by atoms with Crippen LogP contribution >= 0.6 is 17.0 Å². The van der Waals surface area contributed by atoms with Gasteiger partial charge in [0.1, 0.15) is 11.5 Å². The first kappa shape index (κ1) is 33.6. The van der Waals surface area contributed by atoms with Crippen LogP contribution in [0.25, 0.3) is 0 Å². The average Bonchev–Trinajstić information content (AvgIpc) is 2.82. The lowest BCUT2D eigenvalue weighted by atomic mass is 10.0. The topological polar surface area (TPSA) is 125 Å². The minimum atomic E-state index is -0.536. The first-order chi connectivity index (χ1) is 16.5. The van der Waals surface area contributed by atoms with E-state index in [2.05, 4.69) is 36.5 Å². The van der Waals surface area contributed by atoms with E-state index >= 15 is 0 Å². The molecule has 4 atom stereocenters. The molecule has 3 aromatic carbocycles. The van der Waals surface area contributed by atoms with Crippen molar-refractivity contribution in [3.05, 3.63) is 95.1 Å². The molecule has 0 aliphatic heterocycles. The van der Waals surface area contributed by atoms with Crippen LogP contribution < -0.4 is 16.8 Å². The third-order valence-corrected chi connectivity index (χ3v) is 5.46. The van der Waals surface area contributed by atoms with Gasteiger partial charge in [0.15, 0.2) is 0 Å². The summed E-state index contributed by atoms with van der Waals surface area (Å²) in [4.78, 5) is 0. The summed E-state index contributed by atoms with van der Waals surface area (Å²) in [5.74, 6) is 0.520. The molecule has 4 unspecified atom stereocenters. The van der Waals surface area contributed by atoms with Crippen LogP contribution in [0.15, 0.2) is 72.8 Å². The van der Waals surface area contributed by atoms with Gasteiger partial charge in [0.05, 0.1) is 6.10 Å². The molecule has 0 saturated carbocycles. The Kier molecular flexibility index (Phi) is 16.7. The van der Waals surface area contributed by atoms with Crippen LogP contribution in [0, 0.1) is 6.92 Å². The molecule has 200 valence electrons. The number of nitrogens with one attached hydrogen (secondary N) is 1. The minimum Gasteiger partial charge on any atom is -0.508 e. The molecule has 0 heterocycles. The number of halogens is 1. The first-order valence-electron chi connectivity index (χ1n) is 12.0. The van der Waals surface area contributed by atoms with Crippen molar-refractivity contribution >= 4 is 17.0 Å². The van der Waals surface area contributed by atoms with Crippen LogP contribution in [0.1, 0.15) is 49.1 Å². The van der Waals surface area contributed by atoms with Crippen LogP contribution in [0.5, 0.6) is 11.5 Å². The number of hydrogen-bond donors (Lipinski definition) is 6. The molecular weight excluding hydrogens is 518 g/mol. The molecule has 0 aliphatic carbocycles. The fraction of sp³-hybridized carbons (Fsp3) is 0.379. The molecule has 36 heavy (non-hydrogen) atoms. The van der Waals surface area contributed by atoms with Crippen LogP contribution in [0.4, 0.5) is 0 Å². The lowest BCUT2D eigenvalue weighted by Gasteiger charge is -2.18. The van der Waals surface area contributed by atoms with Gasteiger partial charge in [0.25, 0.3) is 0 Å². The van der Waals surface area contributed by atoms with Gasteiger partial charge in [-0.15, -0.1) is 17.0 Å². The van der Waals surface area contributed by atoms with Crippen LogP contribution in [-0.2, 0) is 12.8 Å².